The second kappa shape index (κ2) is 7.94. The molecule has 0 saturated heterocycles. The van der Waals surface area contributed by atoms with Crippen LogP contribution in [-0.2, 0) is 0 Å². The fraction of sp³-hybridized carbons (Fsp3) is 0.500. The Morgan fingerprint density at radius 1 is 1.24 bits per heavy atom. The molecule has 1 nitrogen and oxygen atoms in total. The molecule has 17 heavy (non-hydrogen) atoms. The van der Waals surface area contributed by atoms with E-state index in [1.807, 2.05) is 6.07 Å². The third kappa shape index (κ3) is 5.08. The van der Waals surface area contributed by atoms with Crippen LogP contribution in [0.4, 0.5) is 5.69 Å². The number of benzene rings is 1. The van der Waals surface area contributed by atoms with Crippen molar-refractivity contribution in [2.75, 3.05) is 5.32 Å². The Morgan fingerprint density at radius 2 is 1.94 bits per heavy atom. The number of rotatable bonds is 8. The van der Waals surface area contributed by atoms with E-state index in [0.717, 1.165) is 0 Å². The van der Waals surface area contributed by atoms with Crippen LogP contribution in [-0.4, -0.2) is 6.04 Å². The van der Waals surface area contributed by atoms with Gasteiger partial charge in [0, 0.05) is 11.7 Å². The summed E-state index contributed by atoms with van der Waals surface area (Å²) in [4.78, 5) is 0. The van der Waals surface area contributed by atoms with Gasteiger partial charge in [0.15, 0.2) is 0 Å². The van der Waals surface area contributed by atoms with Gasteiger partial charge in [0.25, 0.3) is 0 Å². The van der Waals surface area contributed by atoms with E-state index in [-0.39, 0.29) is 0 Å². The average molecular weight is 231 g/mol. The zero-order chi connectivity index (χ0) is 12.5. The first kappa shape index (κ1) is 13.8. The maximum atomic E-state index is 3.96. The van der Waals surface area contributed by atoms with Gasteiger partial charge in [-0.25, -0.2) is 0 Å². The standard InChI is InChI=1S/C16H25N/c1-4-6-8-11-15(5-2)14(3)17-16-12-9-7-10-13-16/h5,7,9-10,12-15,17H,2,4,6,8,11H2,1,3H3. The molecule has 0 aliphatic carbocycles. The summed E-state index contributed by atoms with van der Waals surface area (Å²) >= 11 is 0. The summed E-state index contributed by atoms with van der Waals surface area (Å²) in [6, 6.07) is 10.9. The van der Waals surface area contributed by atoms with Crippen LogP contribution in [0, 0.1) is 5.92 Å². The molecule has 1 N–H and O–H groups in total. The quantitative estimate of drug-likeness (QED) is 0.497. The van der Waals surface area contributed by atoms with Gasteiger partial charge >= 0.3 is 0 Å². The maximum Gasteiger partial charge on any atom is 0.0342 e. The molecule has 2 atom stereocenters. The van der Waals surface area contributed by atoms with Crippen molar-refractivity contribution >= 4 is 5.69 Å². The van der Waals surface area contributed by atoms with Gasteiger partial charge in [-0.2, -0.15) is 0 Å². The van der Waals surface area contributed by atoms with E-state index in [1.165, 1.54) is 31.4 Å². The monoisotopic (exact) mass is 231 g/mol. The van der Waals surface area contributed by atoms with Crippen molar-refractivity contribution in [1.29, 1.82) is 0 Å². The first-order valence-corrected chi connectivity index (χ1v) is 6.72. The molecule has 0 radical (unpaired) electrons. The number of para-hydroxylation sites is 1. The van der Waals surface area contributed by atoms with Crippen molar-refractivity contribution in [1.82, 2.24) is 0 Å². The summed E-state index contributed by atoms with van der Waals surface area (Å²) in [7, 11) is 0. The van der Waals surface area contributed by atoms with E-state index < -0.39 is 0 Å². The highest BCUT2D eigenvalue weighted by Crippen LogP contribution is 2.18. The van der Waals surface area contributed by atoms with Crippen LogP contribution in [0.2, 0.25) is 0 Å². The van der Waals surface area contributed by atoms with Gasteiger partial charge in [-0.05, 0) is 31.4 Å². The lowest BCUT2D eigenvalue weighted by Gasteiger charge is -2.23. The van der Waals surface area contributed by atoms with Gasteiger partial charge in [0.05, 0.1) is 0 Å². The smallest absolute Gasteiger partial charge is 0.0342 e. The molecule has 0 saturated carbocycles. The summed E-state index contributed by atoms with van der Waals surface area (Å²) in [5, 5.41) is 3.55. The molecule has 0 aromatic heterocycles. The molecule has 0 aliphatic heterocycles. The average Bonchev–Trinajstić information content (AvgIpc) is 2.36. The van der Waals surface area contributed by atoms with Crippen LogP contribution in [0.1, 0.15) is 39.5 Å². The maximum absolute atomic E-state index is 3.96. The highest BCUT2D eigenvalue weighted by Gasteiger charge is 2.12. The Morgan fingerprint density at radius 3 is 2.53 bits per heavy atom. The molecule has 0 bridgehead atoms. The largest absolute Gasteiger partial charge is 0.382 e. The zero-order valence-electron chi connectivity index (χ0n) is 11.2. The van der Waals surface area contributed by atoms with E-state index in [9.17, 15) is 0 Å². The van der Waals surface area contributed by atoms with Gasteiger partial charge in [0.2, 0.25) is 0 Å². The summed E-state index contributed by atoms with van der Waals surface area (Å²) in [6.45, 7) is 8.45. The van der Waals surface area contributed by atoms with Gasteiger partial charge in [0.1, 0.15) is 0 Å². The third-order valence-electron chi connectivity index (χ3n) is 3.25. The molecule has 0 fully saturated rings. The second-order valence-corrected chi connectivity index (χ2v) is 4.69. The predicted molar refractivity (Wildman–Crippen MR) is 77.4 cm³/mol. The number of hydrogen-bond donors (Lipinski definition) is 1. The Kier molecular flexibility index (Phi) is 6.46. The molecule has 0 amide bonds. The van der Waals surface area contributed by atoms with Crippen LogP contribution in [0.5, 0.6) is 0 Å². The number of anilines is 1. The van der Waals surface area contributed by atoms with Crippen molar-refractivity contribution in [2.45, 2.75) is 45.6 Å². The van der Waals surface area contributed by atoms with E-state index >= 15 is 0 Å². The number of hydrogen-bond acceptors (Lipinski definition) is 1. The van der Waals surface area contributed by atoms with Crippen molar-refractivity contribution in [3.8, 4) is 0 Å². The van der Waals surface area contributed by atoms with Gasteiger partial charge in [-0.1, -0.05) is 50.5 Å². The molecule has 1 heteroatoms. The third-order valence-corrected chi connectivity index (χ3v) is 3.25. The summed E-state index contributed by atoms with van der Waals surface area (Å²) in [5.74, 6) is 0.557. The van der Waals surface area contributed by atoms with Crippen LogP contribution >= 0.6 is 0 Å². The Balaban J connectivity index is 2.43. The van der Waals surface area contributed by atoms with Crippen LogP contribution in [0.3, 0.4) is 0 Å². The van der Waals surface area contributed by atoms with E-state index in [4.69, 9.17) is 0 Å². The van der Waals surface area contributed by atoms with Crippen molar-refractivity contribution in [2.24, 2.45) is 5.92 Å². The predicted octanol–water partition coefficient (Wildman–Crippen LogP) is 4.87. The molecule has 94 valence electrons. The minimum Gasteiger partial charge on any atom is -0.382 e. The minimum atomic E-state index is 0.451. The zero-order valence-corrected chi connectivity index (χ0v) is 11.2. The lowest BCUT2D eigenvalue weighted by molar-refractivity contribution is 0.491. The summed E-state index contributed by atoms with van der Waals surface area (Å²) < 4.78 is 0. The van der Waals surface area contributed by atoms with Crippen molar-refractivity contribution in [3.63, 3.8) is 0 Å². The molecule has 2 unspecified atom stereocenters. The van der Waals surface area contributed by atoms with E-state index in [1.54, 1.807) is 0 Å². The summed E-state index contributed by atoms with van der Waals surface area (Å²) in [6.07, 6.45) is 7.23. The van der Waals surface area contributed by atoms with Crippen molar-refractivity contribution in [3.05, 3.63) is 43.0 Å². The fourth-order valence-corrected chi connectivity index (χ4v) is 2.11. The molecular formula is C16H25N. The molecule has 1 rings (SSSR count). The van der Waals surface area contributed by atoms with E-state index in [2.05, 4.69) is 56.1 Å². The molecule has 0 spiro atoms. The van der Waals surface area contributed by atoms with Crippen LogP contribution in [0.25, 0.3) is 0 Å². The molecule has 0 heterocycles. The Hall–Kier alpha value is -1.24. The fourth-order valence-electron chi connectivity index (χ4n) is 2.11. The van der Waals surface area contributed by atoms with Gasteiger partial charge in [-0.15, -0.1) is 6.58 Å². The minimum absolute atomic E-state index is 0.451. The Labute approximate surface area is 106 Å². The molecule has 1 aromatic rings. The molecule has 0 aliphatic rings. The normalized spacial score (nSPS) is 14.0. The first-order chi connectivity index (χ1) is 8.27. The highest BCUT2D eigenvalue weighted by atomic mass is 14.9. The van der Waals surface area contributed by atoms with Crippen molar-refractivity contribution < 1.29 is 0 Å². The van der Waals surface area contributed by atoms with Crippen LogP contribution < -0.4 is 5.32 Å². The topological polar surface area (TPSA) is 12.0 Å². The summed E-state index contributed by atoms with van der Waals surface area (Å²) in [5.41, 5.74) is 1.20. The lowest BCUT2D eigenvalue weighted by Crippen LogP contribution is -2.24. The molecule has 1 aromatic carbocycles. The highest BCUT2D eigenvalue weighted by molar-refractivity contribution is 5.43. The number of nitrogens with one attached hydrogen (secondary N) is 1. The van der Waals surface area contributed by atoms with Gasteiger partial charge in [-0.3, -0.25) is 0 Å². The van der Waals surface area contributed by atoms with E-state index in [0.29, 0.717) is 12.0 Å². The van der Waals surface area contributed by atoms with Gasteiger partial charge < -0.3 is 5.32 Å². The SMILES string of the molecule is C=CC(CCCCC)C(C)Nc1ccccc1. The lowest BCUT2D eigenvalue weighted by atomic mass is 9.94. The second-order valence-electron chi connectivity index (χ2n) is 4.69. The number of unbranched alkanes of at least 4 members (excludes halogenated alkanes) is 2. The first-order valence-electron chi connectivity index (χ1n) is 6.72. The molecular weight excluding hydrogens is 206 g/mol. The Bertz CT molecular complexity index is 305. The van der Waals surface area contributed by atoms with Crippen LogP contribution in [0.15, 0.2) is 43.0 Å².